The number of aromatic amines is 1. The van der Waals surface area contributed by atoms with Crippen LogP contribution in [0.4, 0.5) is 11.4 Å². The molecule has 32 heavy (non-hydrogen) atoms. The number of nitrogens with one attached hydrogen (secondary N) is 1. The quantitative estimate of drug-likeness (QED) is 0.470. The van der Waals surface area contributed by atoms with E-state index < -0.39 is 0 Å². The van der Waals surface area contributed by atoms with Gasteiger partial charge in [0.1, 0.15) is 11.5 Å². The Kier molecular flexibility index (Phi) is 6.16. The molecule has 3 aromatic rings. The average molecular weight is 435 g/mol. The van der Waals surface area contributed by atoms with Gasteiger partial charge >= 0.3 is 0 Å². The van der Waals surface area contributed by atoms with E-state index in [9.17, 15) is 19.7 Å². The SMILES string of the molecule is CCN(Cc1nc2ccccc2c(=O)[nH]1)C(=O)C1CCN(c2ccccc2[N+](=O)[O-])CC1. The molecule has 1 saturated heterocycles. The maximum Gasteiger partial charge on any atom is 0.292 e. The van der Waals surface area contributed by atoms with Gasteiger partial charge in [0.2, 0.25) is 5.91 Å². The van der Waals surface area contributed by atoms with Crippen molar-refractivity contribution in [1.29, 1.82) is 0 Å². The zero-order valence-corrected chi connectivity index (χ0v) is 17.9. The molecule has 0 bridgehead atoms. The number of para-hydroxylation sites is 3. The van der Waals surface area contributed by atoms with E-state index in [-0.39, 0.29) is 34.5 Å². The highest BCUT2D eigenvalue weighted by Crippen LogP contribution is 2.31. The van der Waals surface area contributed by atoms with E-state index in [2.05, 4.69) is 9.97 Å². The van der Waals surface area contributed by atoms with Gasteiger partial charge in [0.25, 0.3) is 11.2 Å². The molecule has 2 aromatic carbocycles. The summed E-state index contributed by atoms with van der Waals surface area (Å²) >= 11 is 0. The predicted molar refractivity (Wildman–Crippen MR) is 121 cm³/mol. The Morgan fingerprint density at radius 1 is 1.19 bits per heavy atom. The van der Waals surface area contributed by atoms with E-state index >= 15 is 0 Å². The number of nitro benzene ring substituents is 1. The third kappa shape index (κ3) is 4.32. The second kappa shape index (κ2) is 9.17. The fourth-order valence-electron chi connectivity index (χ4n) is 4.25. The summed E-state index contributed by atoms with van der Waals surface area (Å²) in [5.41, 5.74) is 1.06. The number of piperidine rings is 1. The molecule has 1 fully saturated rings. The summed E-state index contributed by atoms with van der Waals surface area (Å²) in [7, 11) is 0. The summed E-state index contributed by atoms with van der Waals surface area (Å²) in [5, 5.41) is 11.9. The first-order chi connectivity index (χ1) is 15.5. The van der Waals surface area contributed by atoms with Crippen molar-refractivity contribution in [3.8, 4) is 0 Å². The van der Waals surface area contributed by atoms with Crippen LogP contribution in [0, 0.1) is 16.0 Å². The highest BCUT2D eigenvalue weighted by molar-refractivity contribution is 5.80. The Morgan fingerprint density at radius 2 is 1.88 bits per heavy atom. The molecule has 1 aliphatic rings. The van der Waals surface area contributed by atoms with Crippen LogP contribution in [-0.4, -0.2) is 45.3 Å². The minimum Gasteiger partial charge on any atom is -0.366 e. The molecule has 0 spiro atoms. The molecule has 0 unspecified atom stereocenters. The van der Waals surface area contributed by atoms with Crippen molar-refractivity contribution in [1.82, 2.24) is 14.9 Å². The largest absolute Gasteiger partial charge is 0.366 e. The molecule has 166 valence electrons. The number of anilines is 1. The van der Waals surface area contributed by atoms with Gasteiger partial charge in [-0.2, -0.15) is 0 Å². The second-order valence-corrected chi connectivity index (χ2v) is 7.89. The monoisotopic (exact) mass is 435 g/mol. The smallest absolute Gasteiger partial charge is 0.292 e. The van der Waals surface area contributed by atoms with E-state index in [4.69, 9.17) is 0 Å². The molecule has 9 nitrogen and oxygen atoms in total. The normalized spacial score (nSPS) is 14.5. The number of amides is 1. The summed E-state index contributed by atoms with van der Waals surface area (Å²) in [5.74, 6) is 0.313. The number of rotatable bonds is 6. The number of hydrogen-bond acceptors (Lipinski definition) is 6. The molecule has 1 amide bonds. The minimum absolute atomic E-state index is 0.0190. The summed E-state index contributed by atoms with van der Waals surface area (Å²) in [4.78, 5) is 47.4. The molecule has 4 rings (SSSR count). The van der Waals surface area contributed by atoms with Crippen molar-refractivity contribution in [2.75, 3.05) is 24.5 Å². The van der Waals surface area contributed by atoms with E-state index in [1.807, 2.05) is 17.9 Å². The molecule has 0 saturated carbocycles. The zero-order valence-electron chi connectivity index (χ0n) is 17.9. The molecular weight excluding hydrogens is 410 g/mol. The van der Waals surface area contributed by atoms with Crippen LogP contribution in [0.15, 0.2) is 53.3 Å². The van der Waals surface area contributed by atoms with Crippen LogP contribution in [0.3, 0.4) is 0 Å². The number of nitrogens with zero attached hydrogens (tertiary/aromatic N) is 4. The molecular formula is C23H25N5O4. The first-order valence-corrected chi connectivity index (χ1v) is 10.7. The van der Waals surface area contributed by atoms with Gasteiger partial charge in [0.15, 0.2) is 0 Å². The van der Waals surface area contributed by atoms with E-state index in [0.29, 0.717) is 54.9 Å². The Balaban J connectivity index is 1.44. The maximum absolute atomic E-state index is 13.2. The number of aromatic nitrogens is 2. The number of hydrogen-bond donors (Lipinski definition) is 1. The standard InChI is InChI=1S/C23H25N5O4/c1-2-26(15-21-24-18-8-4-3-7-17(18)22(29)25-21)23(30)16-11-13-27(14-12-16)19-9-5-6-10-20(19)28(31)32/h3-10,16H,2,11-15H2,1H3,(H,24,25,29). The molecule has 1 N–H and O–H groups in total. The van der Waals surface area contributed by atoms with Crippen molar-refractivity contribution in [3.05, 3.63) is 74.8 Å². The van der Waals surface area contributed by atoms with Crippen molar-refractivity contribution in [3.63, 3.8) is 0 Å². The third-order valence-corrected chi connectivity index (χ3v) is 5.96. The molecule has 1 aliphatic heterocycles. The predicted octanol–water partition coefficient (Wildman–Crippen LogP) is 3.10. The molecule has 2 heterocycles. The molecule has 1 aromatic heterocycles. The van der Waals surface area contributed by atoms with Gasteiger partial charge in [-0.1, -0.05) is 24.3 Å². The Morgan fingerprint density at radius 3 is 2.59 bits per heavy atom. The van der Waals surface area contributed by atoms with E-state index in [1.165, 1.54) is 6.07 Å². The van der Waals surface area contributed by atoms with Crippen molar-refractivity contribution in [2.45, 2.75) is 26.3 Å². The Hall–Kier alpha value is -3.75. The number of H-pyrrole nitrogens is 1. The zero-order chi connectivity index (χ0) is 22.7. The minimum atomic E-state index is -0.372. The van der Waals surface area contributed by atoms with Gasteiger partial charge in [-0.15, -0.1) is 0 Å². The molecule has 0 radical (unpaired) electrons. The first kappa shape index (κ1) is 21.5. The van der Waals surface area contributed by atoms with Gasteiger partial charge in [0.05, 0.1) is 22.4 Å². The topological polar surface area (TPSA) is 112 Å². The van der Waals surface area contributed by atoms with Crippen LogP contribution in [0.25, 0.3) is 10.9 Å². The second-order valence-electron chi connectivity index (χ2n) is 7.89. The van der Waals surface area contributed by atoms with Crippen LogP contribution < -0.4 is 10.5 Å². The van der Waals surface area contributed by atoms with E-state index in [0.717, 1.165) is 0 Å². The van der Waals surface area contributed by atoms with Gasteiger partial charge in [-0.05, 0) is 38.0 Å². The summed E-state index contributed by atoms with van der Waals surface area (Å²) in [6.45, 7) is 3.78. The Bertz CT molecular complexity index is 1200. The lowest BCUT2D eigenvalue weighted by Gasteiger charge is -2.34. The molecule has 0 aliphatic carbocycles. The van der Waals surface area contributed by atoms with Crippen LogP contribution >= 0.6 is 0 Å². The van der Waals surface area contributed by atoms with Crippen LogP contribution in [0.5, 0.6) is 0 Å². The number of fused-ring (bicyclic) bond motifs is 1. The van der Waals surface area contributed by atoms with Gasteiger partial charge in [-0.25, -0.2) is 4.98 Å². The highest BCUT2D eigenvalue weighted by Gasteiger charge is 2.30. The van der Waals surface area contributed by atoms with Gasteiger partial charge < -0.3 is 14.8 Å². The lowest BCUT2D eigenvalue weighted by Crippen LogP contribution is -2.42. The Labute approximate surface area is 184 Å². The molecule has 9 heteroatoms. The van der Waals surface area contributed by atoms with Crippen molar-refractivity contribution in [2.24, 2.45) is 5.92 Å². The summed E-state index contributed by atoms with van der Waals surface area (Å²) in [6.07, 6.45) is 1.23. The third-order valence-electron chi connectivity index (χ3n) is 5.96. The summed E-state index contributed by atoms with van der Waals surface area (Å²) < 4.78 is 0. The number of nitro groups is 1. The molecule has 0 atom stereocenters. The number of carbonyl (C=O) groups excluding carboxylic acids is 1. The maximum atomic E-state index is 13.2. The number of carbonyl (C=O) groups is 1. The lowest BCUT2D eigenvalue weighted by atomic mass is 9.94. The van der Waals surface area contributed by atoms with Crippen LogP contribution in [0.2, 0.25) is 0 Å². The lowest BCUT2D eigenvalue weighted by molar-refractivity contribution is -0.384. The fraction of sp³-hybridized carbons (Fsp3) is 0.348. The average Bonchev–Trinajstić information content (AvgIpc) is 2.82. The van der Waals surface area contributed by atoms with Crippen LogP contribution in [-0.2, 0) is 11.3 Å². The summed E-state index contributed by atoms with van der Waals surface area (Å²) in [6, 6.07) is 13.8. The van der Waals surface area contributed by atoms with Crippen molar-refractivity contribution >= 4 is 28.2 Å². The highest BCUT2D eigenvalue weighted by atomic mass is 16.6. The van der Waals surface area contributed by atoms with Crippen molar-refractivity contribution < 1.29 is 9.72 Å². The van der Waals surface area contributed by atoms with Gasteiger partial charge in [0, 0.05) is 31.6 Å². The number of benzene rings is 2. The fourth-order valence-corrected chi connectivity index (χ4v) is 4.25. The van der Waals surface area contributed by atoms with E-state index in [1.54, 1.807) is 41.3 Å². The first-order valence-electron chi connectivity index (χ1n) is 10.7. The van der Waals surface area contributed by atoms with Gasteiger partial charge in [-0.3, -0.25) is 19.7 Å². The van der Waals surface area contributed by atoms with Crippen LogP contribution in [0.1, 0.15) is 25.6 Å².